The second kappa shape index (κ2) is 3.46. The highest BCUT2D eigenvalue weighted by Crippen LogP contribution is 2.12. The molecule has 0 aliphatic carbocycles. The van der Waals surface area contributed by atoms with Gasteiger partial charge in [-0.05, 0) is 7.05 Å². The van der Waals surface area contributed by atoms with Crippen LogP contribution in [0.5, 0.6) is 0 Å². The van der Waals surface area contributed by atoms with Gasteiger partial charge in [-0.1, -0.05) is 0 Å². The smallest absolute Gasteiger partial charge is 0.182 e. The van der Waals surface area contributed by atoms with E-state index >= 15 is 0 Å². The van der Waals surface area contributed by atoms with Crippen molar-refractivity contribution in [3.8, 4) is 0 Å². The van der Waals surface area contributed by atoms with Crippen molar-refractivity contribution in [1.29, 1.82) is 0 Å². The van der Waals surface area contributed by atoms with Crippen molar-refractivity contribution in [3.63, 3.8) is 0 Å². The molecule has 1 aliphatic heterocycles. The largest absolute Gasteiger partial charge is 0.389 e. The maximum absolute atomic E-state index is 9.21. The van der Waals surface area contributed by atoms with Gasteiger partial charge < -0.3 is 25.4 Å². The highest BCUT2D eigenvalue weighted by atomic mass is 16.6. The molecule has 0 bridgehead atoms. The molecule has 1 heterocycles. The Balaban J connectivity index is 2.55. The van der Waals surface area contributed by atoms with Crippen LogP contribution in [0.25, 0.3) is 0 Å². The molecule has 4 atom stereocenters. The van der Waals surface area contributed by atoms with Gasteiger partial charge in [-0.25, -0.2) is 0 Å². The number of hydrogen-bond acceptors (Lipinski definition) is 5. The molecular formula is C6H13NO4. The van der Waals surface area contributed by atoms with E-state index in [-0.39, 0.29) is 6.61 Å². The molecule has 5 nitrogen and oxygen atoms in total. The fourth-order valence-corrected chi connectivity index (χ4v) is 1.17. The van der Waals surface area contributed by atoms with Crippen molar-refractivity contribution in [2.75, 3.05) is 13.7 Å². The van der Waals surface area contributed by atoms with Gasteiger partial charge in [0.2, 0.25) is 0 Å². The highest BCUT2D eigenvalue weighted by Gasteiger charge is 2.36. The number of aliphatic hydroxyl groups excluding tert-OH is 3. The summed E-state index contributed by atoms with van der Waals surface area (Å²) in [7, 11) is 1.61. The average molecular weight is 163 g/mol. The topological polar surface area (TPSA) is 82.0 Å². The van der Waals surface area contributed by atoms with Crippen molar-refractivity contribution in [2.45, 2.75) is 24.5 Å². The van der Waals surface area contributed by atoms with Gasteiger partial charge >= 0.3 is 0 Å². The van der Waals surface area contributed by atoms with Crippen molar-refractivity contribution in [1.82, 2.24) is 5.32 Å². The molecule has 1 aliphatic rings. The standard InChI is InChI=1S/C6H13NO4/c1-7-4-3(8)2-11-6(10)5(4)9/h3-10H,2H2,1H3/t3-,4-,5-,6-/m1/s1. The van der Waals surface area contributed by atoms with E-state index < -0.39 is 24.5 Å². The molecule has 0 aromatic carbocycles. The molecular weight excluding hydrogens is 150 g/mol. The van der Waals surface area contributed by atoms with Crippen LogP contribution >= 0.6 is 0 Å². The van der Waals surface area contributed by atoms with Gasteiger partial charge in [-0.15, -0.1) is 0 Å². The fourth-order valence-electron chi connectivity index (χ4n) is 1.17. The maximum Gasteiger partial charge on any atom is 0.182 e. The fraction of sp³-hybridized carbons (Fsp3) is 1.00. The number of rotatable bonds is 1. The summed E-state index contributed by atoms with van der Waals surface area (Å²) in [5.74, 6) is 0. The van der Waals surface area contributed by atoms with Crippen LogP contribution in [-0.2, 0) is 4.74 Å². The zero-order valence-corrected chi connectivity index (χ0v) is 6.27. The van der Waals surface area contributed by atoms with E-state index in [1.807, 2.05) is 0 Å². The van der Waals surface area contributed by atoms with E-state index in [9.17, 15) is 10.2 Å². The van der Waals surface area contributed by atoms with Gasteiger partial charge in [-0.3, -0.25) is 0 Å². The third-order valence-electron chi connectivity index (χ3n) is 1.85. The Labute approximate surface area is 64.6 Å². The minimum absolute atomic E-state index is 0.0454. The number of nitrogens with one attached hydrogen (secondary N) is 1. The van der Waals surface area contributed by atoms with Crippen molar-refractivity contribution < 1.29 is 20.1 Å². The second-order valence-corrected chi connectivity index (χ2v) is 2.60. The van der Waals surface area contributed by atoms with Crippen LogP contribution in [0.1, 0.15) is 0 Å². The summed E-state index contributed by atoms with van der Waals surface area (Å²) in [6.45, 7) is 0.0454. The Kier molecular flexibility index (Phi) is 2.80. The van der Waals surface area contributed by atoms with Gasteiger partial charge in [0, 0.05) is 0 Å². The summed E-state index contributed by atoms with van der Waals surface area (Å²) < 4.78 is 4.65. The molecule has 1 saturated heterocycles. The Morgan fingerprint density at radius 1 is 1.36 bits per heavy atom. The summed E-state index contributed by atoms with van der Waals surface area (Å²) >= 11 is 0. The molecule has 0 spiro atoms. The lowest BCUT2D eigenvalue weighted by Crippen LogP contribution is -2.58. The first-order valence-corrected chi connectivity index (χ1v) is 3.50. The molecule has 1 fully saturated rings. The van der Waals surface area contributed by atoms with E-state index in [2.05, 4.69) is 10.1 Å². The van der Waals surface area contributed by atoms with Gasteiger partial charge in [0.05, 0.1) is 18.8 Å². The highest BCUT2D eigenvalue weighted by molar-refractivity contribution is 4.86. The zero-order valence-electron chi connectivity index (χ0n) is 6.27. The summed E-state index contributed by atoms with van der Waals surface area (Å²) in [6, 6.07) is -0.515. The molecule has 0 radical (unpaired) electrons. The minimum Gasteiger partial charge on any atom is -0.389 e. The van der Waals surface area contributed by atoms with Gasteiger partial charge in [0.1, 0.15) is 6.10 Å². The van der Waals surface area contributed by atoms with Crippen LogP contribution in [0.4, 0.5) is 0 Å². The van der Waals surface area contributed by atoms with Crippen LogP contribution in [0.2, 0.25) is 0 Å². The van der Waals surface area contributed by atoms with Crippen LogP contribution in [0.3, 0.4) is 0 Å². The van der Waals surface area contributed by atoms with Crippen LogP contribution in [-0.4, -0.2) is 53.5 Å². The van der Waals surface area contributed by atoms with Crippen LogP contribution in [0.15, 0.2) is 0 Å². The lowest BCUT2D eigenvalue weighted by molar-refractivity contribution is -0.223. The predicted octanol–water partition coefficient (Wildman–Crippen LogP) is -2.36. The Morgan fingerprint density at radius 2 is 2.00 bits per heavy atom. The lowest BCUT2D eigenvalue weighted by Gasteiger charge is -2.35. The quantitative estimate of drug-likeness (QED) is 0.348. The zero-order chi connectivity index (χ0) is 8.43. The van der Waals surface area contributed by atoms with Gasteiger partial charge in [-0.2, -0.15) is 0 Å². The first kappa shape index (κ1) is 8.89. The Bertz CT molecular complexity index is 132. The average Bonchev–Trinajstić information content (AvgIpc) is 1.99. The lowest BCUT2D eigenvalue weighted by atomic mass is 10.0. The normalized spacial score (nSPS) is 45.8. The third kappa shape index (κ3) is 1.69. The van der Waals surface area contributed by atoms with E-state index in [0.717, 1.165) is 0 Å². The summed E-state index contributed by atoms with van der Waals surface area (Å²) in [4.78, 5) is 0. The first-order chi connectivity index (χ1) is 5.16. The molecule has 0 aromatic heterocycles. The Morgan fingerprint density at radius 3 is 2.45 bits per heavy atom. The molecule has 0 unspecified atom stereocenters. The molecule has 0 aromatic rings. The summed E-state index contributed by atoms with van der Waals surface area (Å²) in [5.41, 5.74) is 0. The van der Waals surface area contributed by atoms with E-state index in [1.54, 1.807) is 7.05 Å². The van der Waals surface area contributed by atoms with Gasteiger partial charge in [0.25, 0.3) is 0 Å². The number of hydrogen-bond donors (Lipinski definition) is 4. The summed E-state index contributed by atoms with van der Waals surface area (Å²) in [5, 5.41) is 30.1. The van der Waals surface area contributed by atoms with Gasteiger partial charge in [0.15, 0.2) is 6.29 Å². The molecule has 11 heavy (non-hydrogen) atoms. The molecule has 4 N–H and O–H groups in total. The SMILES string of the molecule is CN[C@H]1[C@@H](O)[C@H](O)OC[C@H]1O. The number of aliphatic hydroxyl groups is 3. The molecule has 66 valence electrons. The van der Waals surface area contributed by atoms with Crippen LogP contribution < -0.4 is 5.32 Å². The Hall–Kier alpha value is -0.200. The first-order valence-electron chi connectivity index (χ1n) is 3.50. The van der Waals surface area contributed by atoms with Crippen LogP contribution in [0, 0.1) is 0 Å². The third-order valence-corrected chi connectivity index (χ3v) is 1.85. The minimum atomic E-state index is -1.20. The van der Waals surface area contributed by atoms with Crippen molar-refractivity contribution in [3.05, 3.63) is 0 Å². The number of likely N-dealkylation sites (N-methyl/N-ethyl adjacent to an activating group) is 1. The maximum atomic E-state index is 9.21. The number of ether oxygens (including phenoxy) is 1. The predicted molar refractivity (Wildman–Crippen MR) is 36.8 cm³/mol. The monoisotopic (exact) mass is 163 g/mol. The van der Waals surface area contributed by atoms with E-state index in [4.69, 9.17) is 5.11 Å². The van der Waals surface area contributed by atoms with Crippen molar-refractivity contribution >= 4 is 0 Å². The van der Waals surface area contributed by atoms with E-state index in [0.29, 0.717) is 0 Å². The molecule has 0 saturated carbocycles. The molecule has 1 rings (SSSR count). The molecule has 5 heteroatoms. The summed E-state index contributed by atoms with van der Waals surface area (Å²) in [6.07, 6.45) is -3.03. The van der Waals surface area contributed by atoms with Crippen molar-refractivity contribution in [2.24, 2.45) is 0 Å². The molecule has 0 amide bonds. The van der Waals surface area contributed by atoms with E-state index in [1.165, 1.54) is 0 Å². The second-order valence-electron chi connectivity index (χ2n) is 2.60.